The van der Waals surface area contributed by atoms with Gasteiger partial charge >= 0.3 is 0 Å². The molecule has 0 amide bonds. The van der Waals surface area contributed by atoms with Crippen LogP contribution >= 0.6 is 12.6 Å². The molecule has 0 bridgehead atoms. The minimum absolute atomic E-state index is 0.400. The van der Waals surface area contributed by atoms with Crippen LogP contribution in [0, 0.1) is 0 Å². The van der Waals surface area contributed by atoms with Crippen molar-refractivity contribution in [3.8, 4) is 0 Å². The third-order valence-electron chi connectivity index (χ3n) is 1.92. The highest BCUT2D eigenvalue weighted by Crippen LogP contribution is 1.84. The van der Waals surface area contributed by atoms with Crippen LogP contribution in [-0.2, 0) is 0 Å². The second kappa shape index (κ2) is 10.7. The summed E-state index contributed by atoms with van der Waals surface area (Å²) in [6.45, 7) is 11.2. The average Bonchev–Trinajstić information content (AvgIpc) is 2.21. The summed E-state index contributed by atoms with van der Waals surface area (Å²) in [5, 5.41) is 9.96. The maximum absolute atomic E-state index is 4.51. The molecule has 0 saturated carbocycles. The van der Waals surface area contributed by atoms with Crippen molar-refractivity contribution in [3.63, 3.8) is 0 Å². The fourth-order valence-electron chi connectivity index (χ4n) is 1.26. The second-order valence-corrected chi connectivity index (χ2v) is 5.10. The van der Waals surface area contributed by atoms with Crippen molar-refractivity contribution in [1.29, 1.82) is 0 Å². The minimum atomic E-state index is 0.400. The van der Waals surface area contributed by atoms with Crippen LogP contribution < -0.4 is 16.0 Å². The molecule has 0 aliphatic heterocycles. The van der Waals surface area contributed by atoms with Crippen molar-refractivity contribution in [2.24, 2.45) is 4.99 Å². The Hall–Kier alpha value is -0.420. The molecule has 3 N–H and O–H groups in total. The molecule has 4 nitrogen and oxygen atoms in total. The molecule has 0 fully saturated rings. The lowest BCUT2D eigenvalue weighted by atomic mass is 10.4. The van der Waals surface area contributed by atoms with Crippen LogP contribution in [0.25, 0.3) is 0 Å². The first-order valence-corrected chi connectivity index (χ1v) is 7.08. The van der Waals surface area contributed by atoms with Gasteiger partial charge in [-0.05, 0) is 46.4 Å². The largest absolute Gasteiger partial charge is 0.354 e. The lowest BCUT2D eigenvalue weighted by Gasteiger charge is -2.17. The highest BCUT2D eigenvalue weighted by Gasteiger charge is 2.01. The molecule has 0 aromatic rings. The van der Waals surface area contributed by atoms with E-state index in [-0.39, 0.29) is 0 Å². The molecule has 0 unspecified atom stereocenters. The molecule has 0 heterocycles. The number of guanidine groups is 1. The molecule has 0 aromatic carbocycles. The number of nitrogens with zero attached hydrogens (tertiary/aromatic N) is 1. The smallest absolute Gasteiger partial charge is 0.191 e. The fourth-order valence-corrected chi connectivity index (χ4v) is 1.41. The zero-order chi connectivity index (χ0) is 13.1. The maximum Gasteiger partial charge on any atom is 0.191 e. The van der Waals surface area contributed by atoms with Crippen LogP contribution in [0.15, 0.2) is 4.99 Å². The highest BCUT2D eigenvalue weighted by molar-refractivity contribution is 7.80. The van der Waals surface area contributed by atoms with E-state index in [1.807, 2.05) is 0 Å². The SMILES string of the molecule is CC(C)NC(=NCCNCCCS)NC(C)C. The number of hydrogen-bond donors (Lipinski definition) is 4. The number of thiol groups is 1. The first-order valence-electron chi connectivity index (χ1n) is 6.45. The van der Waals surface area contributed by atoms with Gasteiger partial charge in [-0.2, -0.15) is 12.6 Å². The fraction of sp³-hybridized carbons (Fsp3) is 0.917. The van der Waals surface area contributed by atoms with Gasteiger partial charge in [-0.25, -0.2) is 0 Å². The molecule has 0 spiro atoms. The van der Waals surface area contributed by atoms with E-state index in [0.29, 0.717) is 12.1 Å². The Kier molecular flexibility index (Phi) is 10.5. The molecular formula is C12H28N4S. The van der Waals surface area contributed by atoms with Gasteiger partial charge < -0.3 is 16.0 Å². The van der Waals surface area contributed by atoms with Crippen molar-refractivity contribution in [3.05, 3.63) is 0 Å². The van der Waals surface area contributed by atoms with Crippen LogP contribution in [-0.4, -0.2) is 43.4 Å². The molecule has 0 radical (unpaired) electrons. The van der Waals surface area contributed by atoms with E-state index in [1.165, 1.54) is 0 Å². The second-order valence-electron chi connectivity index (χ2n) is 4.66. The van der Waals surface area contributed by atoms with Gasteiger partial charge in [-0.15, -0.1) is 0 Å². The summed E-state index contributed by atoms with van der Waals surface area (Å²) < 4.78 is 0. The van der Waals surface area contributed by atoms with Gasteiger partial charge in [0.25, 0.3) is 0 Å². The monoisotopic (exact) mass is 260 g/mol. The van der Waals surface area contributed by atoms with Crippen molar-refractivity contribution >= 4 is 18.6 Å². The van der Waals surface area contributed by atoms with Gasteiger partial charge in [0.05, 0.1) is 6.54 Å². The number of hydrogen-bond acceptors (Lipinski definition) is 3. The van der Waals surface area contributed by atoms with Gasteiger partial charge in [0, 0.05) is 18.6 Å². The summed E-state index contributed by atoms with van der Waals surface area (Å²) in [5.74, 6) is 1.83. The van der Waals surface area contributed by atoms with E-state index in [0.717, 1.165) is 37.8 Å². The molecule has 5 heteroatoms. The third kappa shape index (κ3) is 11.8. The standard InChI is InChI=1S/C12H28N4S/c1-10(2)15-12(16-11(3)4)14-8-7-13-6-5-9-17/h10-11,13,17H,5-9H2,1-4H3,(H2,14,15,16). The van der Waals surface area contributed by atoms with Crippen LogP contribution in [0.5, 0.6) is 0 Å². The Bertz CT molecular complexity index is 193. The van der Waals surface area contributed by atoms with Crippen LogP contribution in [0.4, 0.5) is 0 Å². The van der Waals surface area contributed by atoms with Gasteiger partial charge in [0.15, 0.2) is 5.96 Å². The Morgan fingerprint density at radius 3 is 2.12 bits per heavy atom. The Morgan fingerprint density at radius 2 is 1.65 bits per heavy atom. The summed E-state index contributed by atoms with van der Waals surface area (Å²) in [5.41, 5.74) is 0. The summed E-state index contributed by atoms with van der Waals surface area (Å²) in [6.07, 6.45) is 1.11. The molecule has 0 aromatic heterocycles. The topological polar surface area (TPSA) is 48.5 Å². The molecule has 17 heavy (non-hydrogen) atoms. The van der Waals surface area contributed by atoms with Crippen molar-refractivity contribution in [2.45, 2.75) is 46.2 Å². The van der Waals surface area contributed by atoms with Crippen molar-refractivity contribution in [1.82, 2.24) is 16.0 Å². The number of rotatable bonds is 8. The first kappa shape index (κ1) is 16.6. The Balaban J connectivity index is 3.84. The van der Waals surface area contributed by atoms with E-state index in [4.69, 9.17) is 0 Å². The van der Waals surface area contributed by atoms with E-state index in [9.17, 15) is 0 Å². The van der Waals surface area contributed by atoms with Crippen LogP contribution in [0.1, 0.15) is 34.1 Å². The summed E-state index contributed by atoms with van der Waals surface area (Å²) in [7, 11) is 0. The molecule has 0 rings (SSSR count). The van der Waals surface area contributed by atoms with Gasteiger partial charge in [-0.3, -0.25) is 4.99 Å². The molecule has 0 aliphatic rings. The maximum atomic E-state index is 4.51. The molecular weight excluding hydrogens is 232 g/mol. The number of aliphatic imine (C=N–C) groups is 1. The molecule has 102 valence electrons. The van der Waals surface area contributed by atoms with Crippen LogP contribution in [0.3, 0.4) is 0 Å². The Morgan fingerprint density at radius 1 is 1.06 bits per heavy atom. The first-order chi connectivity index (χ1) is 8.06. The molecule has 0 saturated heterocycles. The van der Waals surface area contributed by atoms with E-state index in [1.54, 1.807) is 0 Å². The molecule has 0 atom stereocenters. The molecule has 0 aliphatic carbocycles. The minimum Gasteiger partial charge on any atom is -0.354 e. The lowest BCUT2D eigenvalue weighted by molar-refractivity contribution is 0.644. The van der Waals surface area contributed by atoms with E-state index in [2.05, 4.69) is 61.3 Å². The Labute approximate surface area is 111 Å². The van der Waals surface area contributed by atoms with Crippen molar-refractivity contribution in [2.75, 3.05) is 25.4 Å². The van der Waals surface area contributed by atoms with E-state index < -0.39 is 0 Å². The number of nitrogens with one attached hydrogen (secondary N) is 3. The predicted octanol–water partition coefficient (Wildman–Crippen LogP) is 1.25. The quantitative estimate of drug-likeness (QED) is 0.230. The summed E-state index contributed by atoms with van der Waals surface area (Å²) in [6, 6.07) is 0.800. The van der Waals surface area contributed by atoms with Gasteiger partial charge in [0.1, 0.15) is 0 Å². The van der Waals surface area contributed by atoms with Gasteiger partial charge in [-0.1, -0.05) is 0 Å². The highest BCUT2D eigenvalue weighted by atomic mass is 32.1. The van der Waals surface area contributed by atoms with Crippen LogP contribution in [0.2, 0.25) is 0 Å². The zero-order valence-electron chi connectivity index (χ0n) is 11.6. The van der Waals surface area contributed by atoms with E-state index >= 15 is 0 Å². The third-order valence-corrected chi connectivity index (χ3v) is 2.24. The van der Waals surface area contributed by atoms with Gasteiger partial charge in [0.2, 0.25) is 0 Å². The normalized spacial score (nSPS) is 10.8. The predicted molar refractivity (Wildman–Crippen MR) is 80.2 cm³/mol. The average molecular weight is 260 g/mol. The summed E-state index contributed by atoms with van der Waals surface area (Å²) in [4.78, 5) is 4.51. The lowest BCUT2D eigenvalue weighted by Crippen LogP contribution is -2.44. The summed E-state index contributed by atoms with van der Waals surface area (Å²) >= 11 is 4.17. The van der Waals surface area contributed by atoms with Crippen molar-refractivity contribution < 1.29 is 0 Å². The zero-order valence-corrected chi connectivity index (χ0v) is 12.5.